The maximum Gasteiger partial charge on any atom is 0.435 e. The van der Waals surface area contributed by atoms with Crippen molar-refractivity contribution < 1.29 is 17.9 Å². The summed E-state index contributed by atoms with van der Waals surface area (Å²) in [6.45, 7) is 4.53. The van der Waals surface area contributed by atoms with Crippen molar-refractivity contribution >= 4 is 11.0 Å². The fourth-order valence-electron chi connectivity index (χ4n) is 3.34. The van der Waals surface area contributed by atoms with Crippen LogP contribution in [-0.4, -0.2) is 26.4 Å². The Morgan fingerprint density at radius 2 is 1.90 bits per heavy atom. The van der Waals surface area contributed by atoms with Gasteiger partial charge in [-0.3, -0.25) is 4.68 Å². The fourth-order valence-corrected chi connectivity index (χ4v) is 3.34. The molecule has 0 saturated heterocycles. The highest BCUT2D eigenvalue weighted by Crippen LogP contribution is 2.33. The maximum absolute atomic E-state index is 12.9. The smallest absolute Gasteiger partial charge is 0.435 e. The number of alkyl halides is 3. The van der Waals surface area contributed by atoms with Gasteiger partial charge in [0, 0.05) is 18.3 Å². The van der Waals surface area contributed by atoms with Gasteiger partial charge in [-0.2, -0.15) is 18.3 Å². The molecule has 4 aromatic rings. The van der Waals surface area contributed by atoms with Gasteiger partial charge in [0.15, 0.2) is 5.69 Å². The van der Waals surface area contributed by atoms with Crippen LogP contribution >= 0.6 is 0 Å². The number of ether oxygens (including phenoxy) is 1. The zero-order valence-electron chi connectivity index (χ0n) is 16.1. The Morgan fingerprint density at radius 1 is 1.10 bits per heavy atom. The van der Waals surface area contributed by atoms with Gasteiger partial charge >= 0.3 is 6.18 Å². The highest BCUT2D eigenvalue weighted by Gasteiger charge is 2.34. The molecule has 29 heavy (non-hydrogen) atoms. The van der Waals surface area contributed by atoms with E-state index >= 15 is 0 Å². The quantitative estimate of drug-likeness (QED) is 0.502. The number of H-pyrrole nitrogens is 1. The van der Waals surface area contributed by atoms with Crippen LogP contribution in [0.5, 0.6) is 5.75 Å². The molecule has 0 fully saturated rings. The summed E-state index contributed by atoms with van der Waals surface area (Å²) in [5.74, 6) is 0.807. The number of hydrogen-bond donors (Lipinski definition) is 1. The minimum absolute atomic E-state index is 0.305. The number of pyridine rings is 1. The summed E-state index contributed by atoms with van der Waals surface area (Å²) < 4.78 is 45.6. The molecule has 1 aromatic carbocycles. The monoisotopic (exact) mass is 400 g/mol. The van der Waals surface area contributed by atoms with E-state index in [2.05, 4.69) is 15.1 Å². The summed E-state index contributed by atoms with van der Waals surface area (Å²) in [7, 11) is 1.47. The summed E-state index contributed by atoms with van der Waals surface area (Å²) in [6, 6.07) is 12.3. The molecule has 0 atom stereocenters. The van der Waals surface area contributed by atoms with Crippen LogP contribution in [0.4, 0.5) is 13.2 Å². The molecule has 0 bridgehead atoms. The molecule has 0 unspecified atom stereocenters. The Morgan fingerprint density at radius 3 is 2.55 bits per heavy atom. The first kappa shape index (κ1) is 19.0. The summed E-state index contributed by atoms with van der Waals surface area (Å²) in [5, 5.41) is 3.56. The molecule has 0 aliphatic rings. The molecule has 1 N–H and O–H groups in total. The van der Waals surface area contributed by atoms with E-state index in [-0.39, 0.29) is 0 Å². The van der Waals surface area contributed by atoms with Crippen molar-refractivity contribution in [2.75, 3.05) is 6.61 Å². The van der Waals surface area contributed by atoms with E-state index in [1.807, 2.05) is 44.2 Å². The van der Waals surface area contributed by atoms with Crippen molar-refractivity contribution in [2.24, 2.45) is 7.05 Å². The van der Waals surface area contributed by atoms with Crippen molar-refractivity contribution in [3.63, 3.8) is 0 Å². The molecule has 4 rings (SSSR count). The third-order valence-electron chi connectivity index (χ3n) is 4.71. The van der Waals surface area contributed by atoms with E-state index < -0.39 is 11.9 Å². The third-order valence-corrected chi connectivity index (χ3v) is 4.71. The minimum Gasteiger partial charge on any atom is -0.494 e. The van der Waals surface area contributed by atoms with Crippen LogP contribution in [0.3, 0.4) is 0 Å². The minimum atomic E-state index is -4.49. The second kappa shape index (κ2) is 6.95. The van der Waals surface area contributed by atoms with Crippen molar-refractivity contribution in [2.45, 2.75) is 20.0 Å². The molecule has 3 heterocycles. The van der Waals surface area contributed by atoms with E-state index in [1.54, 1.807) is 6.07 Å². The first-order chi connectivity index (χ1) is 13.8. The molecule has 3 aromatic heterocycles. The lowest BCUT2D eigenvalue weighted by atomic mass is 10.1. The number of nitrogens with one attached hydrogen (secondary N) is 1. The van der Waals surface area contributed by atoms with E-state index in [0.717, 1.165) is 34.2 Å². The molecule has 0 radical (unpaired) electrons. The number of aromatic amines is 1. The molecule has 0 amide bonds. The van der Waals surface area contributed by atoms with Crippen molar-refractivity contribution in [3.05, 3.63) is 53.7 Å². The number of aryl methyl sites for hydroxylation is 2. The number of aromatic nitrogens is 4. The summed E-state index contributed by atoms with van der Waals surface area (Å²) in [5.41, 5.74) is 4.20. The average molecular weight is 400 g/mol. The van der Waals surface area contributed by atoms with E-state index in [9.17, 15) is 13.2 Å². The predicted octanol–water partition coefficient (Wildman–Crippen LogP) is 5.36. The first-order valence-electron chi connectivity index (χ1n) is 9.11. The van der Waals surface area contributed by atoms with Gasteiger partial charge in [-0.25, -0.2) is 4.98 Å². The van der Waals surface area contributed by atoms with Gasteiger partial charge in [0.1, 0.15) is 5.75 Å². The van der Waals surface area contributed by atoms with Crippen LogP contribution in [0.2, 0.25) is 0 Å². The molecule has 0 saturated carbocycles. The molecular formula is C21H19F3N4O. The lowest BCUT2D eigenvalue weighted by Gasteiger charge is -2.07. The van der Waals surface area contributed by atoms with Gasteiger partial charge in [0.05, 0.1) is 29.0 Å². The zero-order valence-corrected chi connectivity index (χ0v) is 16.1. The summed E-state index contributed by atoms with van der Waals surface area (Å²) in [4.78, 5) is 7.86. The Balaban J connectivity index is 1.73. The molecule has 0 aliphatic heterocycles. The van der Waals surface area contributed by atoms with Crippen LogP contribution in [0.1, 0.15) is 18.2 Å². The summed E-state index contributed by atoms with van der Waals surface area (Å²) in [6.07, 6.45) is -4.49. The van der Waals surface area contributed by atoms with Crippen molar-refractivity contribution in [1.82, 2.24) is 19.7 Å². The second-order valence-electron chi connectivity index (χ2n) is 6.76. The molecule has 0 spiro atoms. The van der Waals surface area contributed by atoms with Gasteiger partial charge in [-0.1, -0.05) is 0 Å². The van der Waals surface area contributed by atoms with Crippen LogP contribution in [0.25, 0.3) is 33.7 Å². The van der Waals surface area contributed by atoms with E-state index in [4.69, 9.17) is 4.74 Å². The van der Waals surface area contributed by atoms with E-state index in [1.165, 1.54) is 11.7 Å². The zero-order chi connectivity index (χ0) is 20.8. The molecule has 8 heteroatoms. The van der Waals surface area contributed by atoms with Crippen molar-refractivity contribution in [1.29, 1.82) is 0 Å². The standard InChI is InChI=1S/C21H19F3N4O/c1-4-29-13-5-6-14(12(2)9-13)17-10-18-15(25-17)7-8-16(26-18)19-11-20(21(22,23)24)27-28(19)3/h5-11,25H,4H2,1-3H3. The predicted molar refractivity (Wildman–Crippen MR) is 105 cm³/mol. The number of fused-ring (bicyclic) bond motifs is 1. The average Bonchev–Trinajstić information content (AvgIpc) is 3.24. The van der Waals surface area contributed by atoms with Crippen LogP contribution in [0.15, 0.2) is 42.5 Å². The second-order valence-corrected chi connectivity index (χ2v) is 6.76. The third kappa shape index (κ3) is 3.57. The molecule has 5 nitrogen and oxygen atoms in total. The molecule has 0 aliphatic carbocycles. The number of halogens is 3. The van der Waals surface area contributed by atoms with Gasteiger partial charge in [-0.05, 0) is 61.9 Å². The number of benzene rings is 1. The van der Waals surface area contributed by atoms with Crippen LogP contribution in [0, 0.1) is 6.92 Å². The van der Waals surface area contributed by atoms with Gasteiger partial charge in [0.25, 0.3) is 0 Å². The largest absolute Gasteiger partial charge is 0.494 e. The summed E-state index contributed by atoms with van der Waals surface area (Å²) >= 11 is 0. The Labute approximate surface area is 165 Å². The SMILES string of the molecule is CCOc1ccc(-c2cc3nc(-c4cc(C(F)(F)F)nn4C)ccc3[nH]2)c(C)c1. The fraction of sp³-hybridized carbons (Fsp3) is 0.238. The normalized spacial score (nSPS) is 11.9. The van der Waals surface area contributed by atoms with Gasteiger partial charge in [0.2, 0.25) is 0 Å². The Bertz CT molecular complexity index is 1190. The Hall–Kier alpha value is -3.29. The lowest BCUT2D eigenvalue weighted by molar-refractivity contribution is -0.141. The first-order valence-corrected chi connectivity index (χ1v) is 9.11. The van der Waals surface area contributed by atoms with Crippen LogP contribution in [-0.2, 0) is 13.2 Å². The maximum atomic E-state index is 12.9. The van der Waals surface area contributed by atoms with E-state index in [0.29, 0.717) is 23.5 Å². The van der Waals surface area contributed by atoms with Crippen LogP contribution < -0.4 is 4.74 Å². The highest BCUT2D eigenvalue weighted by atomic mass is 19.4. The topological polar surface area (TPSA) is 55.7 Å². The number of hydrogen-bond acceptors (Lipinski definition) is 3. The lowest BCUT2D eigenvalue weighted by Crippen LogP contribution is -2.06. The highest BCUT2D eigenvalue weighted by molar-refractivity contribution is 5.85. The number of rotatable bonds is 4. The Kier molecular flexibility index (Phi) is 4.56. The van der Waals surface area contributed by atoms with Gasteiger partial charge < -0.3 is 9.72 Å². The van der Waals surface area contributed by atoms with Gasteiger partial charge in [-0.15, -0.1) is 0 Å². The van der Waals surface area contributed by atoms with Crippen molar-refractivity contribution in [3.8, 4) is 28.4 Å². The number of nitrogens with zero attached hydrogens (tertiary/aromatic N) is 3. The molecule has 150 valence electrons. The molecular weight excluding hydrogens is 381 g/mol.